The number of pyridine rings is 1. The second-order valence-electron chi connectivity index (χ2n) is 2.48. The summed E-state index contributed by atoms with van der Waals surface area (Å²) in [6.07, 6.45) is 1.91. The van der Waals surface area contributed by atoms with E-state index in [-0.39, 0.29) is 6.61 Å². The molecule has 2 rings (SSSR count). The Morgan fingerprint density at radius 3 is 3.15 bits per heavy atom. The van der Waals surface area contributed by atoms with Gasteiger partial charge < -0.3 is 5.11 Å². The zero-order chi connectivity index (χ0) is 9.10. The van der Waals surface area contributed by atoms with Crippen molar-refractivity contribution in [3.8, 4) is 0 Å². The molecule has 0 saturated heterocycles. The van der Waals surface area contributed by atoms with Gasteiger partial charge in [-0.2, -0.15) is 0 Å². The van der Waals surface area contributed by atoms with Gasteiger partial charge in [-0.3, -0.25) is 4.40 Å². The molecule has 2 heterocycles. The van der Waals surface area contributed by atoms with Gasteiger partial charge in [0, 0.05) is 11.9 Å². The molecule has 2 aromatic rings. The summed E-state index contributed by atoms with van der Waals surface area (Å²) in [5.74, 6) is 0.648. The molecule has 0 fully saturated rings. The van der Waals surface area contributed by atoms with E-state index in [1.165, 1.54) is 11.8 Å². The number of aromatic nitrogens is 3. The fraction of sp³-hybridized carbons (Fsp3) is 0.250. The van der Waals surface area contributed by atoms with Gasteiger partial charge in [0.05, 0.1) is 6.61 Å². The molecule has 0 radical (unpaired) electrons. The predicted octanol–water partition coefficient (Wildman–Crippen LogP) is 0.814. The van der Waals surface area contributed by atoms with Crippen molar-refractivity contribution < 1.29 is 5.11 Å². The average Bonchev–Trinajstić information content (AvgIpc) is 2.58. The summed E-state index contributed by atoms with van der Waals surface area (Å²) in [7, 11) is 0. The summed E-state index contributed by atoms with van der Waals surface area (Å²) >= 11 is 1.50. The van der Waals surface area contributed by atoms with Crippen molar-refractivity contribution in [1.29, 1.82) is 0 Å². The number of nitrogens with zero attached hydrogens (tertiary/aromatic N) is 3. The van der Waals surface area contributed by atoms with Crippen LogP contribution in [0.15, 0.2) is 29.6 Å². The lowest BCUT2D eigenvalue weighted by Crippen LogP contribution is -1.90. The van der Waals surface area contributed by atoms with Crippen LogP contribution in [0.5, 0.6) is 0 Å². The maximum atomic E-state index is 8.66. The summed E-state index contributed by atoms with van der Waals surface area (Å²) in [6.45, 7) is 0.159. The number of aliphatic hydroxyl groups is 1. The lowest BCUT2D eigenvalue weighted by Gasteiger charge is -1.95. The molecule has 0 bridgehead atoms. The average molecular weight is 195 g/mol. The lowest BCUT2D eigenvalue weighted by atomic mass is 10.5. The van der Waals surface area contributed by atoms with Crippen molar-refractivity contribution in [3.63, 3.8) is 0 Å². The maximum absolute atomic E-state index is 8.66. The Bertz CT molecular complexity index is 401. The molecule has 13 heavy (non-hydrogen) atoms. The Balaban J connectivity index is 2.35. The maximum Gasteiger partial charge on any atom is 0.195 e. The fourth-order valence-corrected chi connectivity index (χ4v) is 1.72. The number of hydrogen-bond acceptors (Lipinski definition) is 4. The largest absolute Gasteiger partial charge is 0.396 e. The molecule has 0 saturated carbocycles. The SMILES string of the molecule is OCCSc1nnc2ccccn12. The van der Waals surface area contributed by atoms with Gasteiger partial charge >= 0.3 is 0 Å². The quantitative estimate of drug-likeness (QED) is 0.736. The Hall–Kier alpha value is -1.07. The third-order valence-electron chi connectivity index (χ3n) is 1.60. The van der Waals surface area contributed by atoms with Crippen LogP contribution in [0.25, 0.3) is 5.65 Å². The first-order chi connectivity index (χ1) is 6.42. The van der Waals surface area contributed by atoms with Crippen LogP contribution in [-0.2, 0) is 0 Å². The number of aliphatic hydroxyl groups excluding tert-OH is 1. The van der Waals surface area contributed by atoms with Crippen LogP contribution in [0.2, 0.25) is 0 Å². The number of rotatable bonds is 3. The molecular weight excluding hydrogens is 186 g/mol. The van der Waals surface area contributed by atoms with E-state index in [1.54, 1.807) is 0 Å². The standard InChI is InChI=1S/C8H9N3OS/c12-5-6-13-8-10-9-7-3-1-2-4-11(7)8/h1-4,12H,5-6H2. The molecule has 0 aliphatic heterocycles. The minimum atomic E-state index is 0.159. The van der Waals surface area contributed by atoms with E-state index < -0.39 is 0 Å². The minimum Gasteiger partial charge on any atom is -0.396 e. The molecule has 0 atom stereocenters. The van der Waals surface area contributed by atoms with Crippen molar-refractivity contribution >= 4 is 17.4 Å². The predicted molar refractivity (Wildman–Crippen MR) is 50.8 cm³/mol. The fourth-order valence-electron chi connectivity index (χ4n) is 1.05. The van der Waals surface area contributed by atoms with Gasteiger partial charge in [-0.15, -0.1) is 10.2 Å². The highest BCUT2D eigenvalue weighted by atomic mass is 32.2. The molecule has 0 aliphatic rings. The molecule has 0 spiro atoms. The molecule has 0 aromatic carbocycles. The minimum absolute atomic E-state index is 0.159. The van der Waals surface area contributed by atoms with E-state index in [4.69, 9.17) is 5.11 Å². The monoisotopic (exact) mass is 195 g/mol. The summed E-state index contributed by atoms with van der Waals surface area (Å²) in [4.78, 5) is 0. The van der Waals surface area contributed by atoms with Crippen LogP contribution in [0.4, 0.5) is 0 Å². The summed E-state index contributed by atoms with van der Waals surface area (Å²) in [5, 5.41) is 17.5. The smallest absolute Gasteiger partial charge is 0.195 e. The van der Waals surface area contributed by atoms with E-state index in [9.17, 15) is 0 Å². The van der Waals surface area contributed by atoms with E-state index >= 15 is 0 Å². The molecule has 2 aromatic heterocycles. The first-order valence-electron chi connectivity index (χ1n) is 3.95. The number of thioether (sulfide) groups is 1. The van der Waals surface area contributed by atoms with Crippen LogP contribution in [-0.4, -0.2) is 32.1 Å². The van der Waals surface area contributed by atoms with Gasteiger partial charge in [-0.25, -0.2) is 0 Å². The molecule has 0 amide bonds. The first-order valence-corrected chi connectivity index (χ1v) is 4.94. The Morgan fingerprint density at radius 1 is 1.38 bits per heavy atom. The molecule has 0 aliphatic carbocycles. The van der Waals surface area contributed by atoms with Crippen molar-refractivity contribution in [2.24, 2.45) is 0 Å². The summed E-state index contributed by atoms with van der Waals surface area (Å²) in [6, 6.07) is 5.75. The van der Waals surface area contributed by atoms with Crippen LogP contribution < -0.4 is 0 Å². The second-order valence-corrected chi connectivity index (χ2v) is 3.55. The zero-order valence-corrected chi connectivity index (χ0v) is 7.74. The third-order valence-corrected chi connectivity index (χ3v) is 2.53. The van der Waals surface area contributed by atoms with Gasteiger partial charge in [0.15, 0.2) is 10.8 Å². The topological polar surface area (TPSA) is 50.4 Å². The lowest BCUT2D eigenvalue weighted by molar-refractivity contribution is 0.322. The first kappa shape index (κ1) is 8.52. The van der Waals surface area contributed by atoms with Crippen LogP contribution in [0, 0.1) is 0 Å². The van der Waals surface area contributed by atoms with Crippen molar-refractivity contribution in [2.75, 3.05) is 12.4 Å². The van der Waals surface area contributed by atoms with Gasteiger partial charge in [0.1, 0.15) is 0 Å². The Kier molecular flexibility index (Phi) is 2.47. The van der Waals surface area contributed by atoms with Gasteiger partial charge in [-0.05, 0) is 12.1 Å². The normalized spacial score (nSPS) is 10.8. The summed E-state index contributed by atoms with van der Waals surface area (Å²) < 4.78 is 1.90. The van der Waals surface area contributed by atoms with Crippen LogP contribution in [0.1, 0.15) is 0 Å². The molecule has 68 valence electrons. The highest BCUT2D eigenvalue weighted by Crippen LogP contribution is 2.15. The van der Waals surface area contributed by atoms with Crippen LogP contribution in [0.3, 0.4) is 0 Å². The Labute approximate surface area is 79.6 Å². The van der Waals surface area contributed by atoms with Gasteiger partial charge in [0.2, 0.25) is 0 Å². The molecule has 5 heteroatoms. The zero-order valence-electron chi connectivity index (χ0n) is 6.92. The number of hydrogen-bond donors (Lipinski definition) is 1. The van der Waals surface area contributed by atoms with Gasteiger partial charge in [-0.1, -0.05) is 17.8 Å². The molecular formula is C8H9N3OS. The highest BCUT2D eigenvalue weighted by molar-refractivity contribution is 7.99. The van der Waals surface area contributed by atoms with E-state index in [0.717, 1.165) is 10.8 Å². The van der Waals surface area contributed by atoms with Gasteiger partial charge in [0.25, 0.3) is 0 Å². The molecule has 0 unspecified atom stereocenters. The third kappa shape index (κ3) is 1.66. The Morgan fingerprint density at radius 2 is 2.31 bits per heavy atom. The highest BCUT2D eigenvalue weighted by Gasteiger charge is 2.03. The van der Waals surface area contributed by atoms with Crippen molar-refractivity contribution in [1.82, 2.24) is 14.6 Å². The number of fused-ring (bicyclic) bond motifs is 1. The van der Waals surface area contributed by atoms with E-state index in [2.05, 4.69) is 10.2 Å². The molecule has 4 nitrogen and oxygen atoms in total. The van der Waals surface area contributed by atoms with E-state index in [0.29, 0.717) is 5.75 Å². The van der Waals surface area contributed by atoms with Crippen LogP contribution >= 0.6 is 11.8 Å². The summed E-state index contributed by atoms with van der Waals surface area (Å²) in [5.41, 5.74) is 0.836. The van der Waals surface area contributed by atoms with Crippen molar-refractivity contribution in [3.05, 3.63) is 24.4 Å². The molecule has 1 N–H and O–H groups in total. The van der Waals surface area contributed by atoms with Crippen molar-refractivity contribution in [2.45, 2.75) is 5.16 Å². The van der Waals surface area contributed by atoms with E-state index in [1.807, 2.05) is 28.8 Å². The second kappa shape index (κ2) is 3.76.